The fourth-order valence-corrected chi connectivity index (χ4v) is 1.50. The van der Waals surface area contributed by atoms with Crippen molar-refractivity contribution in [3.05, 3.63) is 30.1 Å². The van der Waals surface area contributed by atoms with Gasteiger partial charge in [0.15, 0.2) is 11.6 Å². The number of hydrogen-bond donors (Lipinski definition) is 1. The first-order valence-corrected chi connectivity index (χ1v) is 6.31. The summed E-state index contributed by atoms with van der Waals surface area (Å²) in [4.78, 5) is 13.4. The molecule has 20 heavy (non-hydrogen) atoms. The van der Waals surface area contributed by atoms with Crippen molar-refractivity contribution in [2.75, 3.05) is 20.2 Å². The second-order valence-corrected chi connectivity index (χ2v) is 4.81. The first-order valence-electron chi connectivity index (χ1n) is 6.31. The van der Waals surface area contributed by atoms with E-state index in [0.29, 0.717) is 6.54 Å². The number of nitrogens with two attached hydrogens (primary N) is 1. The number of likely N-dealkylation sites (N-methyl/N-ethyl adjacent to an activating group) is 1. The summed E-state index contributed by atoms with van der Waals surface area (Å²) in [6.45, 7) is 4.39. The second-order valence-electron chi connectivity index (χ2n) is 4.81. The highest BCUT2D eigenvalue weighted by Gasteiger charge is 2.20. The Kier molecular flexibility index (Phi) is 8.18. The molecule has 0 fully saturated rings. The molecule has 0 aromatic heterocycles. The summed E-state index contributed by atoms with van der Waals surface area (Å²) in [5.74, 6) is -0.263. The number of para-hydroxylation sites is 1. The zero-order valence-electron chi connectivity index (χ0n) is 12.0. The quantitative estimate of drug-likeness (QED) is 0.875. The molecule has 1 aromatic carbocycles. The highest BCUT2D eigenvalue weighted by Crippen LogP contribution is 2.15. The van der Waals surface area contributed by atoms with Gasteiger partial charge in [-0.25, -0.2) is 4.39 Å². The van der Waals surface area contributed by atoms with E-state index in [1.54, 1.807) is 25.2 Å². The molecule has 6 heteroatoms. The van der Waals surface area contributed by atoms with E-state index in [0.717, 1.165) is 0 Å². The van der Waals surface area contributed by atoms with Crippen molar-refractivity contribution in [1.29, 1.82) is 0 Å². The molecule has 0 bridgehead atoms. The van der Waals surface area contributed by atoms with Crippen LogP contribution in [-0.4, -0.2) is 37.0 Å². The van der Waals surface area contributed by atoms with Gasteiger partial charge in [0.1, 0.15) is 6.61 Å². The molecule has 0 radical (unpaired) electrons. The van der Waals surface area contributed by atoms with Gasteiger partial charge in [-0.1, -0.05) is 26.0 Å². The predicted molar refractivity (Wildman–Crippen MR) is 79.6 cm³/mol. The summed E-state index contributed by atoms with van der Waals surface area (Å²) in [6, 6.07) is 5.66. The van der Waals surface area contributed by atoms with Crippen molar-refractivity contribution in [3.63, 3.8) is 0 Å². The first kappa shape index (κ1) is 18.7. The lowest BCUT2D eigenvalue weighted by Crippen LogP contribution is -2.46. The summed E-state index contributed by atoms with van der Waals surface area (Å²) in [6.07, 6.45) is 0. The standard InChI is InChI=1S/C14H21FN2O2.ClH/c1-10(2)13(16)14(18)17(3)8-9-19-12-7-5-4-6-11(12)15;/h4-7,10,13H,8-9,16H2,1-3H3;1H. The number of hydrogen-bond acceptors (Lipinski definition) is 3. The van der Waals surface area contributed by atoms with Crippen molar-refractivity contribution < 1.29 is 13.9 Å². The van der Waals surface area contributed by atoms with E-state index in [1.165, 1.54) is 11.0 Å². The number of carbonyl (C=O) groups is 1. The molecule has 0 saturated heterocycles. The summed E-state index contributed by atoms with van der Waals surface area (Å²) < 4.78 is 18.6. The van der Waals surface area contributed by atoms with Crippen LogP contribution in [0.25, 0.3) is 0 Å². The van der Waals surface area contributed by atoms with Crippen molar-refractivity contribution in [3.8, 4) is 5.75 Å². The van der Waals surface area contributed by atoms with Crippen LogP contribution in [0.15, 0.2) is 24.3 Å². The maximum atomic E-state index is 13.3. The molecule has 1 aromatic rings. The molecule has 1 rings (SSSR count). The van der Waals surface area contributed by atoms with Gasteiger partial charge in [0.05, 0.1) is 12.6 Å². The molecule has 1 amide bonds. The summed E-state index contributed by atoms with van der Waals surface area (Å²) >= 11 is 0. The number of benzene rings is 1. The van der Waals surface area contributed by atoms with Crippen LogP contribution in [-0.2, 0) is 4.79 Å². The van der Waals surface area contributed by atoms with Crippen molar-refractivity contribution in [1.82, 2.24) is 4.90 Å². The fourth-order valence-electron chi connectivity index (χ4n) is 1.50. The molecular weight excluding hydrogens is 283 g/mol. The van der Waals surface area contributed by atoms with Gasteiger partial charge in [-0.05, 0) is 18.1 Å². The molecule has 114 valence electrons. The maximum absolute atomic E-state index is 13.3. The van der Waals surface area contributed by atoms with Crippen LogP contribution >= 0.6 is 12.4 Å². The van der Waals surface area contributed by atoms with Gasteiger partial charge in [-0.15, -0.1) is 12.4 Å². The lowest BCUT2D eigenvalue weighted by atomic mass is 10.0. The van der Waals surface area contributed by atoms with E-state index >= 15 is 0 Å². The molecule has 0 spiro atoms. The molecule has 0 aliphatic carbocycles. The number of rotatable bonds is 6. The number of amides is 1. The van der Waals surface area contributed by atoms with Crippen LogP contribution in [0.4, 0.5) is 4.39 Å². The Morgan fingerprint density at radius 2 is 2.00 bits per heavy atom. The summed E-state index contributed by atoms with van der Waals surface area (Å²) in [7, 11) is 1.66. The minimum absolute atomic E-state index is 0. The van der Waals surface area contributed by atoms with Crippen LogP contribution in [0.3, 0.4) is 0 Å². The normalized spacial score (nSPS) is 11.7. The van der Waals surface area contributed by atoms with Crippen LogP contribution in [0.2, 0.25) is 0 Å². The van der Waals surface area contributed by atoms with Gasteiger partial charge < -0.3 is 15.4 Å². The van der Waals surface area contributed by atoms with Crippen LogP contribution in [0.5, 0.6) is 5.75 Å². The molecule has 0 saturated carbocycles. The number of nitrogens with zero attached hydrogens (tertiary/aromatic N) is 1. The average molecular weight is 305 g/mol. The molecule has 4 nitrogen and oxygen atoms in total. The van der Waals surface area contributed by atoms with E-state index in [-0.39, 0.29) is 36.6 Å². The number of ether oxygens (including phenoxy) is 1. The maximum Gasteiger partial charge on any atom is 0.239 e. The van der Waals surface area contributed by atoms with Crippen molar-refractivity contribution in [2.45, 2.75) is 19.9 Å². The smallest absolute Gasteiger partial charge is 0.239 e. The van der Waals surface area contributed by atoms with Gasteiger partial charge in [-0.2, -0.15) is 0 Å². The van der Waals surface area contributed by atoms with Crippen LogP contribution in [0.1, 0.15) is 13.8 Å². The minimum Gasteiger partial charge on any atom is -0.489 e. The van der Waals surface area contributed by atoms with Gasteiger partial charge >= 0.3 is 0 Å². The van der Waals surface area contributed by atoms with Crippen LogP contribution < -0.4 is 10.5 Å². The van der Waals surface area contributed by atoms with Gasteiger partial charge in [0.25, 0.3) is 0 Å². The molecule has 1 unspecified atom stereocenters. The Labute approximate surface area is 125 Å². The predicted octanol–water partition coefficient (Wildman–Crippen LogP) is 2.07. The fraction of sp³-hybridized carbons (Fsp3) is 0.500. The Balaban J connectivity index is 0.00000361. The Morgan fingerprint density at radius 1 is 1.40 bits per heavy atom. The van der Waals surface area contributed by atoms with Gasteiger partial charge in [0, 0.05) is 7.05 Å². The van der Waals surface area contributed by atoms with Gasteiger partial charge in [-0.3, -0.25) is 4.79 Å². The number of halogens is 2. The van der Waals surface area contributed by atoms with E-state index < -0.39 is 11.9 Å². The zero-order chi connectivity index (χ0) is 14.4. The topological polar surface area (TPSA) is 55.6 Å². The SMILES string of the molecule is CC(C)C(N)C(=O)N(C)CCOc1ccccc1F.Cl. The van der Waals surface area contributed by atoms with E-state index in [9.17, 15) is 9.18 Å². The largest absolute Gasteiger partial charge is 0.489 e. The van der Waals surface area contributed by atoms with E-state index in [2.05, 4.69) is 0 Å². The third kappa shape index (κ3) is 5.35. The van der Waals surface area contributed by atoms with Gasteiger partial charge in [0.2, 0.25) is 5.91 Å². The monoisotopic (exact) mass is 304 g/mol. The lowest BCUT2D eigenvalue weighted by molar-refractivity contribution is -0.132. The van der Waals surface area contributed by atoms with E-state index in [1.807, 2.05) is 13.8 Å². The van der Waals surface area contributed by atoms with Crippen molar-refractivity contribution >= 4 is 18.3 Å². The molecule has 0 aliphatic rings. The van der Waals surface area contributed by atoms with E-state index in [4.69, 9.17) is 10.5 Å². The van der Waals surface area contributed by atoms with Crippen LogP contribution in [0, 0.1) is 11.7 Å². The van der Waals surface area contributed by atoms with Crippen molar-refractivity contribution in [2.24, 2.45) is 11.7 Å². The summed E-state index contributed by atoms with van der Waals surface area (Å²) in [5.41, 5.74) is 5.78. The zero-order valence-corrected chi connectivity index (χ0v) is 12.8. The highest BCUT2D eigenvalue weighted by molar-refractivity contribution is 5.85. The third-order valence-electron chi connectivity index (χ3n) is 2.90. The Morgan fingerprint density at radius 3 is 2.55 bits per heavy atom. The average Bonchev–Trinajstić information content (AvgIpc) is 2.38. The Hall–Kier alpha value is -1.33. The number of carbonyl (C=O) groups excluding carboxylic acids is 1. The lowest BCUT2D eigenvalue weighted by Gasteiger charge is -2.23. The highest BCUT2D eigenvalue weighted by atomic mass is 35.5. The second kappa shape index (κ2) is 8.76. The minimum atomic E-state index is -0.515. The summed E-state index contributed by atoms with van der Waals surface area (Å²) in [5, 5.41) is 0. The first-order chi connectivity index (χ1) is 8.93. The molecular formula is C14H22ClFN2O2. The molecule has 0 aliphatic heterocycles. The Bertz CT molecular complexity index is 429. The molecule has 1 atom stereocenters. The molecule has 0 heterocycles. The third-order valence-corrected chi connectivity index (χ3v) is 2.90. The molecule has 2 N–H and O–H groups in total.